The minimum Gasteiger partial charge on any atom is -0.483 e. The molecule has 0 aromatic heterocycles. The summed E-state index contributed by atoms with van der Waals surface area (Å²) in [6.45, 7) is 4.42. The zero-order chi connectivity index (χ0) is 15.4. The third kappa shape index (κ3) is 4.70. The highest BCUT2D eigenvalue weighted by atomic mass is 19.1. The lowest BCUT2D eigenvalue weighted by molar-refractivity contribution is -0.133. The highest BCUT2D eigenvalue weighted by Gasteiger charge is 2.21. The molecule has 1 fully saturated rings. The first-order valence-electron chi connectivity index (χ1n) is 7.37. The molecule has 0 bridgehead atoms. The second-order valence-electron chi connectivity index (χ2n) is 5.79. The Morgan fingerprint density at radius 1 is 1.48 bits per heavy atom. The van der Waals surface area contributed by atoms with Crippen LogP contribution in [0.25, 0.3) is 0 Å². The van der Waals surface area contributed by atoms with Crippen molar-refractivity contribution in [2.24, 2.45) is 0 Å². The van der Waals surface area contributed by atoms with Gasteiger partial charge in [0.15, 0.2) is 6.61 Å². The largest absolute Gasteiger partial charge is 0.483 e. The molecule has 1 aromatic rings. The molecule has 5 heteroatoms. The molecule has 1 aliphatic rings. The van der Waals surface area contributed by atoms with E-state index in [9.17, 15) is 9.18 Å². The molecule has 1 N–H and O–H groups in total. The van der Waals surface area contributed by atoms with E-state index in [0.717, 1.165) is 5.56 Å². The van der Waals surface area contributed by atoms with E-state index in [1.165, 1.54) is 25.0 Å². The predicted molar refractivity (Wildman–Crippen MR) is 79.7 cm³/mol. The van der Waals surface area contributed by atoms with Gasteiger partial charge in [0.2, 0.25) is 0 Å². The Labute approximate surface area is 125 Å². The van der Waals surface area contributed by atoms with Gasteiger partial charge in [-0.3, -0.25) is 4.79 Å². The third-order valence-electron chi connectivity index (χ3n) is 3.70. The Morgan fingerprint density at radius 3 is 2.81 bits per heavy atom. The van der Waals surface area contributed by atoms with Crippen LogP contribution in [0.1, 0.15) is 32.3 Å². The van der Waals surface area contributed by atoms with Gasteiger partial charge in [-0.05, 0) is 44.9 Å². The number of carbonyl (C=O) groups is 1. The normalized spacial score (nSPS) is 14.3. The van der Waals surface area contributed by atoms with Crippen molar-refractivity contribution in [1.29, 1.82) is 0 Å². The van der Waals surface area contributed by atoms with Gasteiger partial charge < -0.3 is 15.0 Å². The molecule has 0 radical (unpaired) electrons. The summed E-state index contributed by atoms with van der Waals surface area (Å²) in [5.41, 5.74) is 0.752. The molecule has 0 atom stereocenters. The highest BCUT2D eigenvalue weighted by Crippen LogP contribution is 2.23. The molecule has 1 amide bonds. The van der Waals surface area contributed by atoms with Crippen LogP contribution in [0.15, 0.2) is 18.2 Å². The summed E-state index contributed by atoms with van der Waals surface area (Å²) in [5.74, 6) is 0.186. The Balaban J connectivity index is 1.96. The van der Waals surface area contributed by atoms with Crippen LogP contribution in [0.4, 0.5) is 4.39 Å². The molecule has 4 nitrogen and oxygen atoms in total. The van der Waals surface area contributed by atoms with Crippen LogP contribution >= 0.6 is 0 Å². The number of nitrogens with one attached hydrogen (secondary N) is 1. The van der Waals surface area contributed by atoms with Crippen molar-refractivity contribution < 1.29 is 13.9 Å². The third-order valence-corrected chi connectivity index (χ3v) is 3.70. The van der Waals surface area contributed by atoms with Gasteiger partial charge in [-0.2, -0.15) is 0 Å². The van der Waals surface area contributed by atoms with Gasteiger partial charge in [0.25, 0.3) is 5.91 Å². The summed E-state index contributed by atoms with van der Waals surface area (Å²) >= 11 is 0. The van der Waals surface area contributed by atoms with Crippen molar-refractivity contribution in [3.05, 3.63) is 29.6 Å². The van der Waals surface area contributed by atoms with Crippen molar-refractivity contribution in [3.63, 3.8) is 0 Å². The molecular formula is C16H23FN2O2. The van der Waals surface area contributed by atoms with Crippen LogP contribution in [0.5, 0.6) is 5.75 Å². The lowest BCUT2D eigenvalue weighted by atomic mass is 10.2. The SMILES string of the molecule is CC(C)N(C)C(=O)COc1ccc(F)cc1CNC1CC1. The van der Waals surface area contributed by atoms with Crippen LogP contribution in [0.2, 0.25) is 0 Å². The maximum absolute atomic E-state index is 13.4. The first-order chi connectivity index (χ1) is 9.97. The number of likely N-dealkylation sites (N-methyl/N-ethyl adjacent to an activating group) is 1. The number of hydrogen-bond donors (Lipinski definition) is 1. The van der Waals surface area contributed by atoms with E-state index in [1.54, 1.807) is 18.0 Å². The van der Waals surface area contributed by atoms with Gasteiger partial charge >= 0.3 is 0 Å². The summed E-state index contributed by atoms with van der Waals surface area (Å²) < 4.78 is 18.9. The lowest BCUT2D eigenvalue weighted by Gasteiger charge is -2.22. The molecule has 0 saturated heterocycles. The van der Waals surface area contributed by atoms with Crippen LogP contribution in [-0.2, 0) is 11.3 Å². The fraction of sp³-hybridized carbons (Fsp3) is 0.562. The standard InChI is InChI=1S/C16H23FN2O2/c1-11(2)19(3)16(20)10-21-15-7-4-13(17)8-12(15)9-18-14-5-6-14/h4,7-8,11,14,18H,5-6,9-10H2,1-3H3. The van der Waals surface area contributed by atoms with Crippen LogP contribution in [0, 0.1) is 5.82 Å². The van der Waals surface area contributed by atoms with Crippen LogP contribution < -0.4 is 10.1 Å². The zero-order valence-electron chi connectivity index (χ0n) is 12.9. The van der Waals surface area contributed by atoms with Gasteiger partial charge in [0.1, 0.15) is 11.6 Å². The van der Waals surface area contributed by atoms with Crippen molar-refractivity contribution in [2.45, 2.75) is 45.3 Å². The quantitative estimate of drug-likeness (QED) is 0.839. The minimum absolute atomic E-state index is 0.0310. The summed E-state index contributed by atoms with van der Waals surface area (Å²) in [6.07, 6.45) is 2.34. The number of ether oxygens (including phenoxy) is 1. The van der Waals surface area contributed by atoms with E-state index in [2.05, 4.69) is 5.32 Å². The molecule has 0 unspecified atom stereocenters. The summed E-state index contributed by atoms with van der Waals surface area (Å²) in [4.78, 5) is 13.6. The van der Waals surface area contributed by atoms with Crippen molar-refractivity contribution in [2.75, 3.05) is 13.7 Å². The van der Waals surface area contributed by atoms with E-state index >= 15 is 0 Å². The van der Waals surface area contributed by atoms with Gasteiger partial charge in [-0.15, -0.1) is 0 Å². The molecule has 1 aliphatic carbocycles. The van der Waals surface area contributed by atoms with Gasteiger partial charge in [-0.25, -0.2) is 4.39 Å². The first kappa shape index (κ1) is 15.8. The molecule has 0 spiro atoms. The summed E-state index contributed by atoms with van der Waals surface area (Å²) in [7, 11) is 1.75. The van der Waals surface area contributed by atoms with E-state index in [0.29, 0.717) is 18.3 Å². The fourth-order valence-corrected chi connectivity index (χ4v) is 1.90. The molecule has 1 saturated carbocycles. The Morgan fingerprint density at radius 2 is 2.19 bits per heavy atom. The van der Waals surface area contributed by atoms with Crippen molar-refractivity contribution in [1.82, 2.24) is 10.2 Å². The Bertz CT molecular complexity index is 501. The summed E-state index contributed by atoms with van der Waals surface area (Å²) in [5, 5.41) is 3.33. The minimum atomic E-state index is -0.291. The Kier molecular flexibility index (Phi) is 5.17. The number of halogens is 1. The number of rotatable bonds is 7. The number of benzene rings is 1. The fourth-order valence-electron chi connectivity index (χ4n) is 1.90. The van der Waals surface area contributed by atoms with E-state index in [-0.39, 0.29) is 24.4 Å². The van der Waals surface area contributed by atoms with Gasteiger partial charge in [-0.1, -0.05) is 0 Å². The van der Waals surface area contributed by atoms with Gasteiger partial charge in [0, 0.05) is 31.2 Å². The molecule has 2 rings (SSSR count). The van der Waals surface area contributed by atoms with Crippen LogP contribution in [0.3, 0.4) is 0 Å². The van der Waals surface area contributed by atoms with E-state index < -0.39 is 0 Å². The highest BCUT2D eigenvalue weighted by molar-refractivity contribution is 5.77. The maximum atomic E-state index is 13.4. The number of hydrogen-bond acceptors (Lipinski definition) is 3. The summed E-state index contributed by atoms with van der Waals surface area (Å²) in [6, 6.07) is 5.07. The zero-order valence-corrected chi connectivity index (χ0v) is 12.9. The first-order valence-corrected chi connectivity index (χ1v) is 7.37. The number of carbonyl (C=O) groups excluding carboxylic acids is 1. The second-order valence-corrected chi connectivity index (χ2v) is 5.79. The average molecular weight is 294 g/mol. The van der Waals surface area contributed by atoms with Crippen molar-refractivity contribution in [3.8, 4) is 5.75 Å². The second kappa shape index (κ2) is 6.89. The molecule has 0 aliphatic heterocycles. The molecule has 0 heterocycles. The topological polar surface area (TPSA) is 41.6 Å². The van der Waals surface area contributed by atoms with E-state index in [1.807, 2.05) is 13.8 Å². The van der Waals surface area contributed by atoms with E-state index in [4.69, 9.17) is 4.74 Å². The molecule has 21 heavy (non-hydrogen) atoms. The number of amides is 1. The smallest absolute Gasteiger partial charge is 0.260 e. The van der Waals surface area contributed by atoms with Crippen LogP contribution in [-0.4, -0.2) is 36.5 Å². The molecular weight excluding hydrogens is 271 g/mol. The average Bonchev–Trinajstić information content (AvgIpc) is 3.26. The lowest BCUT2D eigenvalue weighted by Crippen LogP contribution is -2.36. The molecule has 1 aromatic carbocycles. The maximum Gasteiger partial charge on any atom is 0.260 e. The van der Waals surface area contributed by atoms with Gasteiger partial charge in [0.05, 0.1) is 0 Å². The van der Waals surface area contributed by atoms with Crippen molar-refractivity contribution >= 4 is 5.91 Å². The Hall–Kier alpha value is -1.62. The predicted octanol–water partition coefficient (Wildman–Crippen LogP) is 2.32. The molecule has 116 valence electrons. The monoisotopic (exact) mass is 294 g/mol. The number of nitrogens with zero attached hydrogens (tertiary/aromatic N) is 1.